The minimum atomic E-state index is -0.340. The molecule has 22 heavy (non-hydrogen) atoms. The molecule has 1 aliphatic heterocycles. The van der Waals surface area contributed by atoms with Crippen molar-refractivity contribution in [3.63, 3.8) is 0 Å². The lowest BCUT2D eigenvalue weighted by molar-refractivity contribution is -0.123. The maximum absolute atomic E-state index is 12.4. The summed E-state index contributed by atoms with van der Waals surface area (Å²) in [4.78, 5) is 25.4. The van der Waals surface area contributed by atoms with Gasteiger partial charge in [0.15, 0.2) is 4.32 Å². The van der Waals surface area contributed by atoms with E-state index < -0.39 is 0 Å². The Labute approximate surface area is 140 Å². The van der Waals surface area contributed by atoms with Crippen molar-refractivity contribution >= 4 is 57.5 Å². The Balaban J connectivity index is 1.77. The van der Waals surface area contributed by atoms with Gasteiger partial charge in [0.05, 0.1) is 9.78 Å². The molecule has 7 heteroatoms. The molecule has 1 aromatic carbocycles. The van der Waals surface area contributed by atoms with Crippen molar-refractivity contribution < 1.29 is 9.59 Å². The Morgan fingerprint density at radius 1 is 1.18 bits per heavy atom. The summed E-state index contributed by atoms with van der Waals surface area (Å²) in [6.45, 7) is 0. The van der Waals surface area contributed by atoms with E-state index in [-0.39, 0.29) is 11.8 Å². The quantitative estimate of drug-likeness (QED) is 0.684. The number of carbonyl (C=O) groups excluding carboxylic acids is 2. The monoisotopic (exact) mass is 346 g/mol. The number of amides is 2. The van der Waals surface area contributed by atoms with Crippen molar-refractivity contribution in [2.45, 2.75) is 0 Å². The van der Waals surface area contributed by atoms with E-state index in [0.29, 0.717) is 14.1 Å². The van der Waals surface area contributed by atoms with Crippen LogP contribution in [-0.4, -0.2) is 21.1 Å². The average Bonchev–Trinajstić information content (AvgIpc) is 3.13. The SMILES string of the molecule is O=C(NN1C(=O)C(=Cc2ccccc2)SC1=S)c1cccs1. The smallest absolute Gasteiger partial charge is 0.266 e. The number of nitrogens with zero attached hydrogens (tertiary/aromatic N) is 1. The molecule has 0 aliphatic carbocycles. The van der Waals surface area contributed by atoms with Crippen LogP contribution in [0.1, 0.15) is 15.2 Å². The number of hydrogen-bond acceptors (Lipinski definition) is 5. The Kier molecular flexibility index (Phi) is 4.37. The van der Waals surface area contributed by atoms with Crippen LogP contribution in [0.25, 0.3) is 6.08 Å². The van der Waals surface area contributed by atoms with Gasteiger partial charge in [-0.25, -0.2) is 0 Å². The molecule has 1 aliphatic rings. The van der Waals surface area contributed by atoms with Gasteiger partial charge in [-0.15, -0.1) is 11.3 Å². The van der Waals surface area contributed by atoms with Crippen LogP contribution in [0, 0.1) is 0 Å². The number of hydrogen-bond donors (Lipinski definition) is 1. The summed E-state index contributed by atoms with van der Waals surface area (Å²) in [5.41, 5.74) is 3.46. The number of rotatable bonds is 3. The molecule has 1 fully saturated rings. The molecule has 0 spiro atoms. The van der Waals surface area contributed by atoms with Crippen molar-refractivity contribution in [3.05, 3.63) is 63.2 Å². The van der Waals surface area contributed by atoms with Gasteiger partial charge in [0, 0.05) is 0 Å². The molecular weight excluding hydrogens is 336 g/mol. The molecule has 0 radical (unpaired) electrons. The van der Waals surface area contributed by atoms with E-state index in [1.165, 1.54) is 23.1 Å². The third kappa shape index (κ3) is 3.11. The predicted molar refractivity (Wildman–Crippen MR) is 93.2 cm³/mol. The number of thiophene rings is 1. The zero-order chi connectivity index (χ0) is 15.5. The minimum Gasteiger partial charge on any atom is -0.266 e. The number of hydrazine groups is 1. The summed E-state index contributed by atoms with van der Waals surface area (Å²) in [6.07, 6.45) is 1.76. The zero-order valence-corrected chi connectivity index (χ0v) is 13.6. The fourth-order valence-electron chi connectivity index (χ4n) is 1.83. The van der Waals surface area contributed by atoms with E-state index in [1.807, 2.05) is 30.3 Å². The molecule has 2 amide bonds. The Morgan fingerprint density at radius 3 is 2.64 bits per heavy atom. The van der Waals surface area contributed by atoms with E-state index in [9.17, 15) is 9.59 Å². The standard InChI is InChI=1S/C15H10N2O2S3/c18-13(11-7-4-8-21-11)16-17-14(19)12(22-15(17)20)9-10-5-2-1-3-6-10/h1-9H,(H,16,18). The van der Waals surface area contributed by atoms with Crippen molar-refractivity contribution in [2.75, 3.05) is 0 Å². The van der Waals surface area contributed by atoms with Gasteiger partial charge in [0.2, 0.25) is 0 Å². The lowest BCUT2D eigenvalue weighted by Gasteiger charge is -2.14. The minimum absolute atomic E-state index is 0.316. The van der Waals surface area contributed by atoms with Crippen molar-refractivity contribution in [1.29, 1.82) is 0 Å². The highest BCUT2D eigenvalue weighted by molar-refractivity contribution is 8.26. The third-order valence-electron chi connectivity index (χ3n) is 2.85. The number of thiocarbonyl (C=S) groups is 1. The molecule has 110 valence electrons. The fourth-order valence-corrected chi connectivity index (χ4v) is 3.62. The van der Waals surface area contributed by atoms with Gasteiger partial charge in [-0.2, -0.15) is 5.01 Å². The summed E-state index contributed by atoms with van der Waals surface area (Å²) < 4.78 is 0.317. The second kappa shape index (κ2) is 6.43. The van der Waals surface area contributed by atoms with E-state index >= 15 is 0 Å². The maximum Gasteiger partial charge on any atom is 0.285 e. The van der Waals surface area contributed by atoms with Crippen LogP contribution in [0.3, 0.4) is 0 Å². The number of nitrogens with one attached hydrogen (secondary N) is 1. The lowest BCUT2D eigenvalue weighted by atomic mass is 10.2. The Bertz CT molecular complexity index is 754. The Hall–Kier alpha value is -1.96. The molecule has 4 nitrogen and oxygen atoms in total. The van der Waals surface area contributed by atoms with Crippen molar-refractivity contribution in [3.8, 4) is 0 Å². The summed E-state index contributed by atoms with van der Waals surface area (Å²) >= 11 is 7.65. The first kappa shape index (κ1) is 15.0. The van der Waals surface area contributed by atoms with Gasteiger partial charge < -0.3 is 0 Å². The topological polar surface area (TPSA) is 49.4 Å². The molecule has 0 unspecified atom stereocenters. The molecule has 1 saturated heterocycles. The predicted octanol–water partition coefficient (Wildman–Crippen LogP) is 3.29. The highest BCUT2D eigenvalue weighted by atomic mass is 32.2. The number of carbonyl (C=O) groups is 2. The van der Waals surface area contributed by atoms with Gasteiger partial charge in [-0.1, -0.05) is 48.2 Å². The first-order valence-corrected chi connectivity index (χ1v) is 8.43. The molecule has 0 saturated carbocycles. The van der Waals surface area contributed by atoms with Crippen LogP contribution >= 0.6 is 35.3 Å². The average molecular weight is 346 g/mol. The molecule has 1 aromatic heterocycles. The molecule has 3 rings (SSSR count). The number of benzene rings is 1. The summed E-state index contributed by atoms with van der Waals surface area (Å²) in [7, 11) is 0. The molecule has 2 aromatic rings. The lowest BCUT2D eigenvalue weighted by Crippen LogP contribution is -2.44. The second-order valence-electron chi connectivity index (χ2n) is 4.35. The van der Waals surface area contributed by atoms with Gasteiger partial charge in [-0.05, 0) is 35.3 Å². The summed E-state index contributed by atoms with van der Waals surface area (Å²) in [5, 5.41) is 2.92. The molecule has 1 N–H and O–H groups in total. The molecule has 0 bridgehead atoms. The summed E-state index contributed by atoms with van der Waals surface area (Å²) in [5.74, 6) is -0.656. The van der Waals surface area contributed by atoms with Crippen LogP contribution in [-0.2, 0) is 4.79 Å². The maximum atomic E-state index is 12.4. The van der Waals surface area contributed by atoms with Crippen LogP contribution in [0.5, 0.6) is 0 Å². The highest BCUT2D eigenvalue weighted by Crippen LogP contribution is 2.31. The first-order valence-electron chi connectivity index (χ1n) is 6.32. The van der Waals surface area contributed by atoms with Crippen molar-refractivity contribution in [1.82, 2.24) is 10.4 Å². The first-order chi connectivity index (χ1) is 10.6. The normalized spacial score (nSPS) is 16.4. The second-order valence-corrected chi connectivity index (χ2v) is 6.97. The van der Waals surface area contributed by atoms with Crippen LogP contribution in [0.2, 0.25) is 0 Å². The van der Waals surface area contributed by atoms with E-state index in [2.05, 4.69) is 5.43 Å². The van der Waals surface area contributed by atoms with E-state index in [4.69, 9.17) is 12.2 Å². The van der Waals surface area contributed by atoms with Gasteiger partial charge in [0.1, 0.15) is 0 Å². The largest absolute Gasteiger partial charge is 0.285 e. The fraction of sp³-hybridized carbons (Fsp3) is 0. The van der Waals surface area contributed by atoms with E-state index in [1.54, 1.807) is 23.6 Å². The molecule has 0 atom stereocenters. The Morgan fingerprint density at radius 2 is 1.95 bits per heavy atom. The van der Waals surface area contributed by atoms with Crippen LogP contribution in [0.15, 0.2) is 52.7 Å². The summed E-state index contributed by atoms with van der Waals surface area (Å²) in [6, 6.07) is 13.0. The third-order valence-corrected chi connectivity index (χ3v) is 5.02. The highest BCUT2D eigenvalue weighted by Gasteiger charge is 2.33. The zero-order valence-electron chi connectivity index (χ0n) is 11.2. The van der Waals surface area contributed by atoms with E-state index in [0.717, 1.165) is 10.6 Å². The van der Waals surface area contributed by atoms with Gasteiger partial charge in [0.25, 0.3) is 11.8 Å². The van der Waals surface area contributed by atoms with Gasteiger partial charge in [-0.3, -0.25) is 15.0 Å². The van der Waals surface area contributed by atoms with Gasteiger partial charge >= 0.3 is 0 Å². The van der Waals surface area contributed by atoms with Crippen LogP contribution in [0.4, 0.5) is 0 Å². The van der Waals surface area contributed by atoms with Crippen LogP contribution < -0.4 is 5.43 Å². The van der Waals surface area contributed by atoms with Crippen molar-refractivity contribution in [2.24, 2.45) is 0 Å². The molecular formula is C15H10N2O2S3. The molecule has 2 heterocycles. The number of thioether (sulfide) groups is 1.